The third-order valence-electron chi connectivity index (χ3n) is 4.50. The number of hydrogen-bond acceptors (Lipinski definition) is 5. The van der Waals surface area contributed by atoms with Crippen molar-refractivity contribution in [3.05, 3.63) is 77.7 Å². The van der Waals surface area contributed by atoms with Gasteiger partial charge in [0.25, 0.3) is 0 Å². The van der Waals surface area contributed by atoms with E-state index in [1.807, 2.05) is 36.8 Å². The largest absolute Gasteiger partial charge is 0.322 e. The normalized spacial score (nSPS) is 10.9. The molecular formula is C22H19FN4OS2. The molecule has 0 bridgehead atoms. The van der Waals surface area contributed by atoms with Gasteiger partial charge in [0, 0.05) is 25.1 Å². The van der Waals surface area contributed by atoms with Crippen LogP contribution in [0.2, 0.25) is 0 Å². The SMILES string of the molecule is CC(=O)N(c1nc(CSc2ncc(-c3ccccc3)n2C)cs1)c1ccccc1F. The average molecular weight is 439 g/mol. The molecule has 5 nitrogen and oxygen atoms in total. The Kier molecular flexibility index (Phi) is 5.96. The van der Waals surface area contributed by atoms with Crippen molar-refractivity contribution < 1.29 is 9.18 Å². The minimum absolute atomic E-state index is 0.204. The van der Waals surface area contributed by atoms with Crippen LogP contribution in [0, 0.1) is 5.82 Å². The molecule has 0 aliphatic heterocycles. The number of carbonyl (C=O) groups excluding carboxylic acids is 1. The van der Waals surface area contributed by atoms with Crippen LogP contribution in [-0.2, 0) is 17.6 Å². The predicted octanol–water partition coefficient (Wildman–Crippen LogP) is 5.66. The van der Waals surface area contributed by atoms with Crippen LogP contribution in [0.3, 0.4) is 0 Å². The molecule has 0 saturated heterocycles. The van der Waals surface area contributed by atoms with Gasteiger partial charge in [0.15, 0.2) is 10.3 Å². The summed E-state index contributed by atoms with van der Waals surface area (Å²) in [6, 6.07) is 16.3. The number of hydrogen-bond donors (Lipinski definition) is 0. The number of aromatic nitrogens is 3. The van der Waals surface area contributed by atoms with Crippen LogP contribution < -0.4 is 4.90 Å². The molecule has 1 amide bonds. The lowest BCUT2D eigenvalue weighted by molar-refractivity contribution is -0.115. The monoisotopic (exact) mass is 438 g/mol. The zero-order valence-electron chi connectivity index (χ0n) is 16.4. The zero-order chi connectivity index (χ0) is 21.1. The maximum absolute atomic E-state index is 14.2. The number of imidazole rings is 1. The summed E-state index contributed by atoms with van der Waals surface area (Å²) in [6.07, 6.45) is 1.86. The number of anilines is 2. The smallest absolute Gasteiger partial charge is 0.230 e. The molecule has 2 heterocycles. The fraction of sp³-hybridized carbons (Fsp3) is 0.136. The summed E-state index contributed by atoms with van der Waals surface area (Å²) < 4.78 is 16.3. The average Bonchev–Trinajstić information content (AvgIpc) is 3.35. The van der Waals surface area contributed by atoms with Gasteiger partial charge in [-0.1, -0.05) is 54.2 Å². The number of nitrogens with zero attached hydrogens (tertiary/aromatic N) is 4. The molecule has 0 spiro atoms. The molecule has 2 aromatic carbocycles. The minimum Gasteiger partial charge on any atom is -0.322 e. The molecular weight excluding hydrogens is 419 g/mol. The Morgan fingerprint density at radius 2 is 1.90 bits per heavy atom. The Balaban J connectivity index is 1.51. The van der Waals surface area contributed by atoms with E-state index in [1.165, 1.54) is 29.2 Å². The van der Waals surface area contributed by atoms with Gasteiger partial charge >= 0.3 is 0 Å². The number of rotatable bonds is 6. The third-order valence-corrected chi connectivity index (χ3v) is 6.46. The van der Waals surface area contributed by atoms with E-state index in [0.717, 1.165) is 22.1 Å². The Hall–Kier alpha value is -2.97. The van der Waals surface area contributed by atoms with Crippen LogP contribution >= 0.6 is 23.1 Å². The highest BCUT2D eigenvalue weighted by atomic mass is 32.2. The molecule has 0 aliphatic rings. The number of thiazole rings is 1. The quantitative estimate of drug-likeness (QED) is 0.365. The van der Waals surface area contributed by atoms with E-state index in [9.17, 15) is 9.18 Å². The van der Waals surface area contributed by atoms with Gasteiger partial charge in [-0.3, -0.25) is 9.69 Å². The standard InChI is InChI=1S/C22H19FN4OS2/c1-15(28)27(19-11-7-6-10-18(19)23)22-25-17(14-30-22)13-29-21-24-12-20(26(21)2)16-8-4-3-5-9-16/h3-12,14H,13H2,1-2H3. The van der Waals surface area contributed by atoms with Gasteiger partial charge in [0.2, 0.25) is 5.91 Å². The van der Waals surface area contributed by atoms with E-state index in [0.29, 0.717) is 10.9 Å². The van der Waals surface area contributed by atoms with Crippen molar-refractivity contribution >= 4 is 39.8 Å². The molecule has 0 unspecified atom stereocenters. The van der Waals surface area contributed by atoms with Gasteiger partial charge in [-0.2, -0.15) is 0 Å². The number of halogens is 1. The first-order valence-corrected chi connectivity index (χ1v) is 11.1. The molecule has 30 heavy (non-hydrogen) atoms. The van der Waals surface area contributed by atoms with Crippen molar-refractivity contribution in [1.82, 2.24) is 14.5 Å². The molecule has 8 heteroatoms. The predicted molar refractivity (Wildman–Crippen MR) is 120 cm³/mol. The highest BCUT2D eigenvalue weighted by molar-refractivity contribution is 7.98. The molecule has 0 aliphatic carbocycles. The minimum atomic E-state index is -0.458. The van der Waals surface area contributed by atoms with Gasteiger partial charge in [0.1, 0.15) is 5.82 Å². The fourth-order valence-corrected chi connectivity index (χ4v) is 4.88. The Labute approximate surface area is 182 Å². The molecule has 152 valence electrons. The third kappa shape index (κ3) is 4.15. The molecule has 0 saturated carbocycles. The van der Waals surface area contributed by atoms with E-state index in [4.69, 9.17) is 0 Å². The van der Waals surface area contributed by atoms with E-state index in [2.05, 4.69) is 26.7 Å². The van der Waals surface area contributed by atoms with E-state index >= 15 is 0 Å². The van der Waals surface area contributed by atoms with Gasteiger partial charge in [-0.15, -0.1) is 11.3 Å². The molecule has 0 radical (unpaired) electrons. The highest BCUT2D eigenvalue weighted by Crippen LogP contribution is 2.33. The Morgan fingerprint density at radius 3 is 2.63 bits per heavy atom. The van der Waals surface area contributed by atoms with Crippen molar-refractivity contribution in [2.45, 2.75) is 17.8 Å². The van der Waals surface area contributed by atoms with Crippen LogP contribution in [0.15, 0.2) is 71.3 Å². The zero-order valence-corrected chi connectivity index (χ0v) is 18.1. The van der Waals surface area contributed by atoms with Crippen LogP contribution in [0.4, 0.5) is 15.2 Å². The molecule has 0 N–H and O–H groups in total. The van der Waals surface area contributed by atoms with Crippen molar-refractivity contribution in [1.29, 1.82) is 0 Å². The summed E-state index contributed by atoms with van der Waals surface area (Å²) >= 11 is 2.88. The Bertz CT molecular complexity index is 1170. The van der Waals surface area contributed by atoms with Crippen LogP contribution in [0.5, 0.6) is 0 Å². The summed E-state index contributed by atoms with van der Waals surface area (Å²) in [6.45, 7) is 1.40. The summed E-state index contributed by atoms with van der Waals surface area (Å²) in [5, 5.41) is 3.22. The van der Waals surface area contributed by atoms with Crippen molar-refractivity contribution in [3.63, 3.8) is 0 Å². The Morgan fingerprint density at radius 1 is 1.17 bits per heavy atom. The number of amides is 1. The van der Waals surface area contributed by atoms with E-state index in [1.54, 1.807) is 30.0 Å². The first-order chi connectivity index (χ1) is 14.5. The first kappa shape index (κ1) is 20.3. The molecule has 0 fully saturated rings. The second-order valence-electron chi connectivity index (χ2n) is 6.57. The second-order valence-corrected chi connectivity index (χ2v) is 8.35. The van der Waals surface area contributed by atoms with Gasteiger partial charge in [-0.25, -0.2) is 14.4 Å². The summed E-state index contributed by atoms with van der Waals surface area (Å²) in [7, 11) is 1.99. The molecule has 2 aromatic heterocycles. The van der Waals surface area contributed by atoms with Crippen molar-refractivity contribution in [3.8, 4) is 11.3 Å². The number of benzene rings is 2. The lowest BCUT2D eigenvalue weighted by Crippen LogP contribution is -2.23. The second kappa shape index (κ2) is 8.81. The summed E-state index contributed by atoms with van der Waals surface area (Å²) in [4.78, 5) is 22.6. The highest BCUT2D eigenvalue weighted by Gasteiger charge is 2.21. The first-order valence-electron chi connectivity index (χ1n) is 9.24. The van der Waals surface area contributed by atoms with E-state index < -0.39 is 5.82 Å². The number of carbonyl (C=O) groups is 1. The molecule has 0 atom stereocenters. The lowest BCUT2D eigenvalue weighted by Gasteiger charge is -2.18. The fourth-order valence-electron chi connectivity index (χ4n) is 3.05. The maximum atomic E-state index is 14.2. The summed E-state index contributed by atoms with van der Waals surface area (Å²) in [5.41, 5.74) is 3.17. The van der Waals surface area contributed by atoms with Gasteiger partial charge < -0.3 is 4.57 Å². The summed E-state index contributed by atoms with van der Waals surface area (Å²) in [5.74, 6) is -0.149. The van der Waals surface area contributed by atoms with Crippen molar-refractivity contribution in [2.24, 2.45) is 7.05 Å². The molecule has 4 aromatic rings. The number of para-hydroxylation sites is 1. The van der Waals surface area contributed by atoms with Gasteiger partial charge in [-0.05, 0) is 17.7 Å². The van der Waals surface area contributed by atoms with Crippen molar-refractivity contribution in [2.75, 3.05) is 4.90 Å². The topological polar surface area (TPSA) is 51.0 Å². The van der Waals surface area contributed by atoms with Crippen LogP contribution in [0.1, 0.15) is 12.6 Å². The van der Waals surface area contributed by atoms with E-state index in [-0.39, 0.29) is 11.6 Å². The van der Waals surface area contributed by atoms with Gasteiger partial charge in [0.05, 0.1) is 23.3 Å². The number of thioether (sulfide) groups is 1. The van der Waals surface area contributed by atoms with Crippen LogP contribution in [0.25, 0.3) is 11.3 Å². The maximum Gasteiger partial charge on any atom is 0.230 e. The van der Waals surface area contributed by atoms with Crippen LogP contribution in [-0.4, -0.2) is 20.4 Å². The lowest BCUT2D eigenvalue weighted by atomic mass is 10.2. The molecule has 4 rings (SSSR count).